The van der Waals surface area contributed by atoms with E-state index >= 15 is 0 Å². The Hall–Kier alpha value is -0.250. The van der Waals surface area contributed by atoms with Gasteiger partial charge in [0, 0.05) is 6.92 Å². The fourth-order valence-corrected chi connectivity index (χ4v) is 3.16. The van der Waals surface area contributed by atoms with Crippen LogP contribution in [0.15, 0.2) is 0 Å². The van der Waals surface area contributed by atoms with Gasteiger partial charge in [0.2, 0.25) is 5.60 Å². The first kappa shape index (κ1) is 13.2. The lowest BCUT2D eigenvalue weighted by Crippen LogP contribution is -2.66. The van der Waals surface area contributed by atoms with E-state index in [1.165, 1.54) is 13.8 Å². The lowest BCUT2D eigenvalue weighted by molar-refractivity contribution is -0.244. The SMILES string of the molecule is CC(=O)O[C@H]1[C@H](I)[C@H]2CO[C@H](O2)[C@]1(O)C(C)=O. The summed E-state index contributed by atoms with van der Waals surface area (Å²) in [5.41, 5.74) is -1.93. The van der Waals surface area contributed by atoms with Crippen molar-refractivity contribution in [1.29, 1.82) is 0 Å². The molecule has 6 nitrogen and oxygen atoms in total. The van der Waals surface area contributed by atoms with Crippen molar-refractivity contribution in [2.75, 3.05) is 6.61 Å². The summed E-state index contributed by atoms with van der Waals surface area (Å²) in [5, 5.41) is 10.4. The second-order valence-electron chi connectivity index (χ2n) is 4.20. The highest BCUT2D eigenvalue weighted by Gasteiger charge is 2.63. The monoisotopic (exact) mass is 356 g/mol. The van der Waals surface area contributed by atoms with Crippen LogP contribution in [0.1, 0.15) is 13.8 Å². The Labute approximate surface area is 112 Å². The minimum Gasteiger partial charge on any atom is -0.458 e. The van der Waals surface area contributed by atoms with Crippen LogP contribution in [0, 0.1) is 0 Å². The van der Waals surface area contributed by atoms with Gasteiger partial charge in [0.05, 0.1) is 16.6 Å². The standard InChI is InChI=1S/C10H13IO6/c1-4(12)10(14)8(16-5(2)13)7(11)6-3-15-9(10)17-6/h6-9,14H,3H2,1-2H3/t6-,7-,8+,9-,10+/m1/s1. The molecular formula is C10H13IO6. The number of hydrogen-bond donors (Lipinski definition) is 1. The summed E-state index contributed by atoms with van der Waals surface area (Å²) in [5.74, 6) is -1.08. The maximum atomic E-state index is 11.6. The van der Waals surface area contributed by atoms with Crippen molar-refractivity contribution in [3.05, 3.63) is 0 Å². The molecule has 0 aromatic heterocycles. The average Bonchev–Trinajstić information content (AvgIpc) is 2.68. The van der Waals surface area contributed by atoms with Gasteiger partial charge < -0.3 is 19.3 Å². The Kier molecular flexibility index (Phi) is 3.45. The summed E-state index contributed by atoms with van der Waals surface area (Å²) in [4.78, 5) is 22.7. The topological polar surface area (TPSA) is 82.1 Å². The lowest BCUT2D eigenvalue weighted by Gasteiger charge is -2.42. The van der Waals surface area contributed by atoms with Crippen molar-refractivity contribution < 1.29 is 28.9 Å². The first-order valence-electron chi connectivity index (χ1n) is 5.19. The van der Waals surface area contributed by atoms with E-state index in [0.717, 1.165) is 0 Å². The third-order valence-electron chi connectivity index (χ3n) is 3.00. The van der Waals surface area contributed by atoms with Crippen LogP contribution >= 0.6 is 22.6 Å². The minimum atomic E-state index is -1.93. The zero-order valence-corrected chi connectivity index (χ0v) is 11.5. The van der Waals surface area contributed by atoms with Crippen LogP contribution in [-0.4, -0.2) is 51.5 Å². The Morgan fingerprint density at radius 2 is 2.12 bits per heavy atom. The van der Waals surface area contributed by atoms with Crippen molar-refractivity contribution in [2.45, 2.75) is 41.9 Å². The van der Waals surface area contributed by atoms with Crippen molar-refractivity contribution >= 4 is 34.3 Å². The van der Waals surface area contributed by atoms with Crippen LogP contribution in [0.3, 0.4) is 0 Å². The summed E-state index contributed by atoms with van der Waals surface area (Å²) in [7, 11) is 0. The molecule has 1 N–H and O–H groups in total. The highest BCUT2D eigenvalue weighted by molar-refractivity contribution is 14.1. The predicted molar refractivity (Wildman–Crippen MR) is 63.6 cm³/mol. The fraction of sp³-hybridized carbons (Fsp3) is 0.800. The van der Waals surface area contributed by atoms with Crippen LogP contribution in [0.2, 0.25) is 0 Å². The van der Waals surface area contributed by atoms with Crippen LogP contribution < -0.4 is 0 Å². The molecule has 0 spiro atoms. The number of carbonyl (C=O) groups is 2. The first-order valence-corrected chi connectivity index (χ1v) is 6.43. The molecule has 2 aliphatic rings. The average molecular weight is 356 g/mol. The number of esters is 1. The highest BCUT2D eigenvalue weighted by Crippen LogP contribution is 2.41. The largest absolute Gasteiger partial charge is 0.458 e. The zero-order chi connectivity index (χ0) is 12.8. The molecule has 0 unspecified atom stereocenters. The second-order valence-corrected chi connectivity index (χ2v) is 5.63. The van der Waals surface area contributed by atoms with E-state index in [0.29, 0.717) is 0 Å². The first-order chi connectivity index (χ1) is 7.87. The number of alkyl halides is 1. The van der Waals surface area contributed by atoms with Gasteiger partial charge >= 0.3 is 5.97 Å². The summed E-state index contributed by atoms with van der Waals surface area (Å²) >= 11 is 2.00. The van der Waals surface area contributed by atoms with Gasteiger partial charge in [-0.3, -0.25) is 9.59 Å². The van der Waals surface area contributed by atoms with E-state index in [4.69, 9.17) is 14.2 Å². The molecule has 2 fully saturated rings. The Bertz CT molecular complexity index is 359. The van der Waals surface area contributed by atoms with Gasteiger partial charge in [0.25, 0.3) is 0 Å². The van der Waals surface area contributed by atoms with Crippen molar-refractivity contribution in [2.24, 2.45) is 0 Å². The van der Waals surface area contributed by atoms with Crippen LogP contribution in [0.5, 0.6) is 0 Å². The molecule has 2 rings (SSSR count). The number of rotatable bonds is 2. The van der Waals surface area contributed by atoms with Gasteiger partial charge in [-0.05, 0) is 6.92 Å². The summed E-state index contributed by atoms with van der Waals surface area (Å²) in [6, 6.07) is 0. The molecular weight excluding hydrogens is 343 g/mol. The Morgan fingerprint density at radius 3 is 2.65 bits per heavy atom. The number of aliphatic hydroxyl groups is 1. The molecule has 0 amide bonds. The molecule has 17 heavy (non-hydrogen) atoms. The molecule has 0 aliphatic carbocycles. The molecule has 0 saturated carbocycles. The number of Topliss-reactive ketones (excluding diaryl/α,β-unsaturated/α-hetero) is 1. The van der Waals surface area contributed by atoms with Gasteiger partial charge in [-0.1, -0.05) is 22.6 Å². The highest BCUT2D eigenvalue weighted by atomic mass is 127. The molecule has 7 heteroatoms. The van der Waals surface area contributed by atoms with E-state index in [9.17, 15) is 14.7 Å². The quantitative estimate of drug-likeness (QED) is 0.419. The van der Waals surface area contributed by atoms with Gasteiger partial charge in [0.1, 0.15) is 0 Å². The van der Waals surface area contributed by atoms with E-state index in [-0.39, 0.29) is 16.6 Å². The molecule has 0 aromatic carbocycles. The Balaban J connectivity index is 2.36. The van der Waals surface area contributed by atoms with Crippen LogP contribution in [0.4, 0.5) is 0 Å². The number of hydrogen-bond acceptors (Lipinski definition) is 6. The fourth-order valence-electron chi connectivity index (χ4n) is 2.09. The van der Waals surface area contributed by atoms with Crippen molar-refractivity contribution in [3.63, 3.8) is 0 Å². The number of fused-ring (bicyclic) bond motifs is 2. The van der Waals surface area contributed by atoms with Crippen LogP contribution in [-0.2, 0) is 23.8 Å². The van der Waals surface area contributed by atoms with Gasteiger partial charge in [0.15, 0.2) is 18.2 Å². The molecule has 2 saturated heterocycles. The molecule has 2 bridgehead atoms. The van der Waals surface area contributed by atoms with E-state index in [1.54, 1.807) is 0 Å². The minimum absolute atomic E-state index is 0.274. The third-order valence-corrected chi connectivity index (χ3v) is 4.46. The number of halogens is 1. The zero-order valence-electron chi connectivity index (χ0n) is 9.38. The summed E-state index contributed by atoms with van der Waals surface area (Å²) in [6.07, 6.45) is -2.27. The van der Waals surface area contributed by atoms with Gasteiger partial charge in [-0.15, -0.1) is 0 Å². The van der Waals surface area contributed by atoms with Crippen molar-refractivity contribution in [3.8, 4) is 0 Å². The van der Waals surface area contributed by atoms with E-state index in [2.05, 4.69) is 0 Å². The normalized spacial score (nSPS) is 44.5. The maximum Gasteiger partial charge on any atom is 0.303 e. The lowest BCUT2D eigenvalue weighted by atomic mass is 9.86. The molecule has 2 heterocycles. The number of carbonyl (C=O) groups excluding carboxylic acids is 2. The number of ketones is 1. The number of ether oxygens (including phenoxy) is 3. The third kappa shape index (κ3) is 1.98. The van der Waals surface area contributed by atoms with Gasteiger partial charge in [-0.2, -0.15) is 0 Å². The van der Waals surface area contributed by atoms with Crippen LogP contribution in [0.25, 0.3) is 0 Å². The van der Waals surface area contributed by atoms with Gasteiger partial charge in [-0.25, -0.2) is 0 Å². The van der Waals surface area contributed by atoms with E-state index in [1.807, 2.05) is 22.6 Å². The maximum absolute atomic E-state index is 11.6. The second kappa shape index (κ2) is 4.45. The summed E-state index contributed by atoms with van der Waals surface area (Å²) < 4.78 is 15.4. The molecule has 0 radical (unpaired) electrons. The molecule has 96 valence electrons. The predicted octanol–water partition coefficient (Wildman–Crippen LogP) is -0.203. The summed E-state index contributed by atoms with van der Waals surface area (Å²) in [6.45, 7) is 2.75. The van der Waals surface area contributed by atoms with E-state index < -0.39 is 29.7 Å². The Morgan fingerprint density at radius 1 is 1.47 bits per heavy atom. The smallest absolute Gasteiger partial charge is 0.303 e. The molecule has 2 aliphatic heterocycles. The van der Waals surface area contributed by atoms with Crippen molar-refractivity contribution in [1.82, 2.24) is 0 Å². The molecule has 5 atom stereocenters. The molecule has 0 aromatic rings.